The van der Waals surface area contributed by atoms with E-state index in [0.717, 1.165) is 22.5 Å². The van der Waals surface area contributed by atoms with Crippen LogP contribution in [0.15, 0.2) is 58.5 Å². The number of amidine groups is 2. The number of benzene rings is 2. The summed E-state index contributed by atoms with van der Waals surface area (Å²) in [6.07, 6.45) is 0.602. The fourth-order valence-electron chi connectivity index (χ4n) is 3.66. The van der Waals surface area contributed by atoms with Crippen LogP contribution in [0.3, 0.4) is 0 Å². The predicted molar refractivity (Wildman–Crippen MR) is 127 cm³/mol. The van der Waals surface area contributed by atoms with E-state index in [0.29, 0.717) is 17.4 Å². The molecule has 0 fully saturated rings. The van der Waals surface area contributed by atoms with Crippen LogP contribution < -0.4 is 5.32 Å². The summed E-state index contributed by atoms with van der Waals surface area (Å²) < 4.78 is 0. The number of aryl methyl sites for hydroxylation is 1. The number of aliphatic imine (C=N–C) groups is 2. The maximum Gasteiger partial charge on any atom is 0.259 e. The van der Waals surface area contributed by atoms with Crippen LogP contribution >= 0.6 is 11.8 Å². The lowest BCUT2D eigenvalue weighted by atomic mass is 10.1. The quantitative estimate of drug-likeness (QED) is 0.737. The number of amides is 2. The number of fused-ring (bicyclic) bond motifs is 3. The number of thioether (sulfide) groups is 1. The maximum absolute atomic E-state index is 13.2. The molecular weight excluding hydrogens is 408 g/mol. The maximum atomic E-state index is 13.2. The minimum atomic E-state index is -0.437. The first-order valence-electron chi connectivity index (χ1n) is 10.5. The minimum absolute atomic E-state index is 0.0790. The van der Waals surface area contributed by atoms with Crippen molar-refractivity contribution in [1.29, 1.82) is 0 Å². The summed E-state index contributed by atoms with van der Waals surface area (Å²) in [5.74, 6) is 0.523. The molecule has 7 heteroatoms. The monoisotopic (exact) mass is 434 g/mol. The van der Waals surface area contributed by atoms with Gasteiger partial charge in [0.1, 0.15) is 11.9 Å². The lowest BCUT2D eigenvalue weighted by molar-refractivity contribution is -0.125. The van der Waals surface area contributed by atoms with Gasteiger partial charge < -0.3 is 5.32 Å². The summed E-state index contributed by atoms with van der Waals surface area (Å²) in [5, 5.41) is 3.14. The second-order valence-corrected chi connectivity index (χ2v) is 9.22. The normalized spacial score (nSPS) is 18.3. The van der Waals surface area contributed by atoms with Crippen molar-refractivity contribution in [3.05, 3.63) is 59.7 Å². The van der Waals surface area contributed by atoms with Crippen LogP contribution in [0.5, 0.6) is 0 Å². The van der Waals surface area contributed by atoms with E-state index in [1.165, 1.54) is 11.8 Å². The van der Waals surface area contributed by atoms with Crippen LogP contribution in [0.1, 0.15) is 38.3 Å². The Morgan fingerprint density at radius 3 is 2.58 bits per heavy atom. The molecule has 0 saturated heterocycles. The van der Waals surface area contributed by atoms with Gasteiger partial charge >= 0.3 is 0 Å². The van der Waals surface area contributed by atoms with Crippen molar-refractivity contribution in [1.82, 2.24) is 4.90 Å². The number of rotatable bonds is 5. The Bertz CT molecular complexity index is 1090. The van der Waals surface area contributed by atoms with E-state index in [-0.39, 0.29) is 17.7 Å². The van der Waals surface area contributed by atoms with Gasteiger partial charge in [0.05, 0.1) is 10.9 Å². The summed E-state index contributed by atoms with van der Waals surface area (Å²) in [6.45, 7) is 7.91. The Kier molecular flexibility index (Phi) is 5.96. The molecule has 2 unspecified atom stereocenters. The van der Waals surface area contributed by atoms with Gasteiger partial charge in [-0.05, 0) is 43.0 Å². The van der Waals surface area contributed by atoms with Crippen LogP contribution in [-0.2, 0) is 9.59 Å². The molecule has 2 atom stereocenters. The third-order valence-electron chi connectivity index (χ3n) is 5.44. The van der Waals surface area contributed by atoms with E-state index in [1.54, 1.807) is 4.90 Å². The predicted octanol–water partition coefficient (Wildman–Crippen LogP) is 4.76. The number of nitrogens with zero attached hydrogens (tertiary/aromatic N) is 3. The Morgan fingerprint density at radius 2 is 1.87 bits per heavy atom. The third kappa shape index (κ3) is 4.02. The average molecular weight is 435 g/mol. The van der Waals surface area contributed by atoms with Crippen molar-refractivity contribution in [2.45, 2.75) is 45.4 Å². The second-order valence-electron chi connectivity index (χ2n) is 8.05. The lowest BCUT2D eigenvalue weighted by Gasteiger charge is -2.27. The number of para-hydroxylation sites is 2. The van der Waals surface area contributed by atoms with Crippen molar-refractivity contribution in [2.75, 3.05) is 5.32 Å². The molecule has 0 spiro atoms. The molecule has 6 nitrogen and oxygen atoms in total. The zero-order chi connectivity index (χ0) is 22.1. The van der Waals surface area contributed by atoms with Gasteiger partial charge in [0.15, 0.2) is 5.17 Å². The Morgan fingerprint density at radius 1 is 1.16 bits per heavy atom. The molecule has 2 aromatic carbocycles. The molecule has 0 radical (unpaired) electrons. The standard InChI is InChI=1S/C24H26N4O2S/c1-5-19(22(29)25-17-12-8-6-10-15(17)4)31-24-26-18-13-9-7-11-16(18)21-27-20(14(2)3)23(30)28(21)24/h6-14,19-20H,5H2,1-4H3,(H,25,29). The molecular formula is C24H26N4O2S. The fourth-order valence-corrected chi connectivity index (χ4v) is 4.68. The van der Waals surface area contributed by atoms with E-state index in [4.69, 9.17) is 9.98 Å². The van der Waals surface area contributed by atoms with Crippen LogP contribution in [0.25, 0.3) is 0 Å². The average Bonchev–Trinajstić information content (AvgIpc) is 3.11. The van der Waals surface area contributed by atoms with Crippen LogP contribution in [-0.4, -0.2) is 39.0 Å². The summed E-state index contributed by atoms with van der Waals surface area (Å²) in [6, 6.07) is 14.9. The number of nitrogens with one attached hydrogen (secondary N) is 1. The van der Waals surface area contributed by atoms with Gasteiger partial charge in [-0.25, -0.2) is 9.89 Å². The largest absolute Gasteiger partial charge is 0.325 e. The topological polar surface area (TPSA) is 74.1 Å². The summed E-state index contributed by atoms with van der Waals surface area (Å²) in [4.78, 5) is 37.3. The van der Waals surface area contributed by atoms with E-state index in [2.05, 4.69) is 5.32 Å². The van der Waals surface area contributed by atoms with Gasteiger partial charge in [0.2, 0.25) is 5.91 Å². The molecule has 4 rings (SSSR count). The summed E-state index contributed by atoms with van der Waals surface area (Å²) in [7, 11) is 0. The Hall–Kier alpha value is -2.93. The molecule has 31 heavy (non-hydrogen) atoms. The number of anilines is 1. The fraction of sp³-hybridized carbons (Fsp3) is 0.333. The molecule has 0 saturated carbocycles. The van der Waals surface area contributed by atoms with E-state index >= 15 is 0 Å². The third-order valence-corrected chi connectivity index (χ3v) is 6.76. The molecule has 0 aromatic heterocycles. The molecule has 2 amide bonds. The van der Waals surface area contributed by atoms with Gasteiger partial charge in [-0.2, -0.15) is 0 Å². The highest BCUT2D eigenvalue weighted by molar-refractivity contribution is 8.15. The van der Waals surface area contributed by atoms with E-state index < -0.39 is 11.3 Å². The molecule has 2 heterocycles. The van der Waals surface area contributed by atoms with Gasteiger partial charge in [-0.3, -0.25) is 14.6 Å². The smallest absolute Gasteiger partial charge is 0.259 e. The molecule has 0 aliphatic carbocycles. The molecule has 2 aromatic rings. The van der Waals surface area contributed by atoms with Gasteiger partial charge in [-0.1, -0.05) is 62.9 Å². The zero-order valence-corrected chi connectivity index (χ0v) is 18.9. The highest BCUT2D eigenvalue weighted by atomic mass is 32.2. The van der Waals surface area contributed by atoms with Crippen LogP contribution in [0.2, 0.25) is 0 Å². The lowest BCUT2D eigenvalue weighted by Crippen LogP contribution is -2.43. The summed E-state index contributed by atoms with van der Waals surface area (Å²) in [5.41, 5.74) is 3.41. The van der Waals surface area contributed by atoms with Crippen molar-refractivity contribution in [2.24, 2.45) is 15.9 Å². The van der Waals surface area contributed by atoms with Crippen molar-refractivity contribution >= 4 is 46.0 Å². The first-order chi connectivity index (χ1) is 14.9. The molecule has 0 bridgehead atoms. The summed E-state index contributed by atoms with van der Waals surface area (Å²) >= 11 is 1.32. The second kappa shape index (κ2) is 8.67. The number of hydrogen-bond acceptors (Lipinski definition) is 5. The first kappa shape index (κ1) is 21.3. The molecule has 2 aliphatic rings. The number of carbonyl (C=O) groups is 2. The van der Waals surface area contributed by atoms with Gasteiger partial charge in [0.25, 0.3) is 5.91 Å². The Balaban J connectivity index is 1.64. The van der Waals surface area contributed by atoms with Gasteiger partial charge in [0, 0.05) is 11.3 Å². The van der Waals surface area contributed by atoms with E-state index in [9.17, 15) is 9.59 Å². The molecule has 160 valence electrons. The van der Waals surface area contributed by atoms with Gasteiger partial charge in [-0.15, -0.1) is 0 Å². The highest BCUT2D eigenvalue weighted by Gasteiger charge is 2.43. The van der Waals surface area contributed by atoms with E-state index in [1.807, 2.05) is 76.2 Å². The molecule has 1 N–H and O–H groups in total. The Labute approximate surface area is 186 Å². The number of hydrogen-bond donors (Lipinski definition) is 1. The number of carbonyl (C=O) groups excluding carboxylic acids is 2. The zero-order valence-electron chi connectivity index (χ0n) is 18.1. The van der Waals surface area contributed by atoms with Crippen molar-refractivity contribution in [3.8, 4) is 0 Å². The highest BCUT2D eigenvalue weighted by Crippen LogP contribution is 2.36. The van der Waals surface area contributed by atoms with Crippen molar-refractivity contribution < 1.29 is 9.59 Å². The van der Waals surface area contributed by atoms with Crippen LogP contribution in [0, 0.1) is 12.8 Å². The SMILES string of the molecule is CCC(SC1=Nc2ccccc2C2=NC(C(C)C)C(=O)N12)C(=O)Nc1ccccc1C. The van der Waals surface area contributed by atoms with Crippen LogP contribution in [0.4, 0.5) is 11.4 Å². The van der Waals surface area contributed by atoms with Crippen molar-refractivity contribution in [3.63, 3.8) is 0 Å². The minimum Gasteiger partial charge on any atom is -0.325 e. The first-order valence-corrected chi connectivity index (χ1v) is 11.4. The molecule has 2 aliphatic heterocycles.